The summed E-state index contributed by atoms with van der Waals surface area (Å²) in [5, 5.41) is 24.8. The maximum absolute atomic E-state index is 12.6. The summed E-state index contributed by atoms with van der Waals surface area (Å²) in [6.45, 7) is 3.45. The van der Waals surface area contributed by atoms with Gasteiger partial charge in [-0.1, -0.05) is 12.2 Å². The lowest BCUT2D eigenvalue weighted by Crippen LogP contribution is -2.46. The van der Waals surface area contributed by atoms with Crippen molar-refractivity contribution >= 4 is 11.8 Å². The number of carbonyl (C=O) groups is 1. The number of fused-ring (bicyclic) bond motifs is 2. The highest BCUT2D eigenvalue weighted by Crippen LogP contribution is 2.60. The van der Waals surface area contributed by atoms with Gasteiger partial charge < -0.3 is 0 Å². The van der Waals surface area contributed by atoms with Crippen molar-refractivity contribution in [2.45, 2.75) is 38.4 Å². The van der Waals surface area contributed by atoms with Gasteiger partial charge in [0.1, 0.15) is 0 Å². The Bertz CT molecular complexity index is 845. The summed E-state index contributed by atoms with van der Waals surface area (Å²) in [6.07, 6.45) is -0.950. The number of hydrogen-bond acceptors (Lipinski definition) is 5. The molecule has 1 saturated carbocycles. The van der Waals surface area contributed by atoms with Gasteiger partial charge >= 0.3 is 18.0 Å². The Hall–Kier alpha value is -2.88. The Kier molecular flexibility index (Phi) is 4.02. The van der Waals surface area contributed by atoms with Gasteiger partial charge in [-0.25, -0.2) is 0 Å². The van der Waals surface area contributed by atoms with Crippen molar-refractivity contribution in [2.75, 3.05) is 5.32 Å². The molecule has 3 rings (SSSR count). The second kappa shape index (κ2) is 5.84. The summed E-state index contributed by atoms with van der Waals surface area (Å²) >= 11 is 0. The number of allylic oxidation sites excluding steroid dienone is 2. The van der Waals surface area contributed by atoms with E-state index in [-0.39, 0.29) is 23.6 Å². The molecule has 0 saturated heterocycles. The van der Waals surface area contributed by atoms with Gasteiger partial charge in [0.15, 0.2) is 11.5 Å². The van der Waals surface area contributed by atoms with E-state index in [1.165, 1.54) is 4.68 Å². The van der Waals surface area contributed by atoms with Crippen LogP contribution >= 0.6 is 0 Å². The number of nitrogens with zero attached hydrogens (tertiary/aromatic N) is 4. The standard InChI is InChI=1S/C16H14F3N5O2/c1-8(2)24-12(13(26-23-24)22-14(25)16(17,18)19)11-9-3-4-10(5-9)15(11,6-20)7-21/h3-4,8-11H,5H2,1-2H3/p+1. The average Bonchev–Trinajstić information content (AvgIpc) is 3.26. The molecule has 1 aromatic rings. The number of amides is 1. The van der Waals surface area contributed by atoms with E-state index in [0.29, 0.717) is 6.42 Å². The summed E-state index contributed by atoms with van der Waals surface area (Å²) in [7, 11) is 0. The molecule has 1 fully saturated rings. The molecule has 1 N–H and O–H groups in total. The van der Waals surface area contributed by atoms with Crippen molar-refractivity contribution in [2.24, 2.45) is 17.3 Å². The number of hydrogen-bond donors (Lipinski definition) is 1. The highest BCUT2D eigenvalue weighted by Gasteiger charge is 2.63. The van der Waals surface area contributed by atoms with E-state index < -0.39 is 29.3 Å². The number of anilines is 1. The van der Waals surface area contributed by atoms with Gasteiger partial charge in [-0.3, -0.25) is 14.6 Å². The molecule has 0 aliphatic heterocycles. The largest absolute Gasteiger partial charge is 0.471 e. The molecule has 0 radical (unpaired) electrons. The third-order valence-electron chi connectivity index (χ3n) is 4.96. The molecule has 1 heterocycles. The first-order valence-corrected chi connectivity index (χ1v) is 7.96. The number of rotatable bonds is 3. The van der Waals surface area contributed by atoms with Crippen LogP contribution in [0.1, 0.15) is 37.9 Å². The van der Waals surface area contributed by atoms with Gasteiger partial charge in [-0.2, -0.15) is 23.7 Å². The smallest absolute Gasteiger partial charge is 0.282 e. The molecule has 10 heteroatoms. The third-order valence-corrected chi connectivity index (χ3v) is 4.96. The summed E-state index contributed by atoms with van der Waals surface area (Å²) in [5.41, 5.74) is -1.34. The van der Waals surface area contributed by atoms with Crippen LogP contribution in [0.4, 0.5) is 19.1 Å². The molecule has 3 atom stereocenters. The van der Waals surface area contributed by atoms with Crippen LogP contribution < -0.4 is 10.00 Å². The SMILES string of the molecule is CC(C)[n+]1noc(NC(=O)C(F)(F)F)c1C1C2C=CC(C2)C1(C#N)C#N. The van der Waals surface area contributed by atoms with E-state index in [0.717, 1.165) is 0 Å². The molecule has 0 spiro atoms. The predicted molar refractivity (Wildman–Crippen MR) is 78.9 cm³/mol. The molecular weight excluding hydrogens is 351 g/mol. The first kappa shape index (κ1) is 17.9. The average molecular weight is 366 g/mol. The highest BCUT2D eigenvalue weighted by molar-refractivity contribution is 5.94. The molecule has 2 aliphatic rings. The number of carbonyl (C=O) groups excluding carboxylic acids is 1. The first-order chi connectivity index (χ1) is 12.2. The lowest BCUT2D eigenvalue weighted by Gasteiger charge is -2.27. The Morgan fingerprint density at radius 1 is 1.42 bits per heavy atom. The lowest BCUT2D eigenvalue weighted by atomic mass is 9.69. The summed E-state index contributed by atoms with van der Waals surface area (Å²) in [6, 6.07) is 3.77. The molecule has 7 nitrogen and oxygen atoms in total. The zero-order valence-corrected chi connectivity index (χ0v) is 13.9. The zero-order valence-electron chi connectivity index (χ0n) is 13.9. The molecule has 2 aliphatic carbocycles. The van der Waals surface area contributed by atoms with Crippen molar-refractivity contribution < 1.29 is 27.2 Å². The van der Waals surface area contributed by atoms with Crippen LogP contribution in [-0.4, -0.2) is 17.4 Å². The molecular formula is C16H15F3N5O2+. The van der Waals surface area contributed by atoms with Gasteiger partial charge in [0.2, 0.25) is 5.27 Å². The van der Waals surface area contributed by atoms with Crippen molar-refractivity contribution in [3.8, 4) is 12.1 Å². The van der Waals surface area contributed by atoms with Crippen molar-refractivity contribution in [1.29, 1.82) is 10.5 Å². The van der Waals surface area contributed by atoms with Crippen LogP contribution in [-0.2, 0) is 4.79 Å². The van der Waals surface area contributed by atoms with E-state index in [1.807, 2.05) is 18.2 Å². The number of aromatic nitrogens is 2. The van der Waals surface area contributed by atoms with Crippen molar-refractivity contribution in [1.82, 2.24) is 5.27 Å². The fourth-order valence-electron chi connectivity index (χ4n) is 3.83. The Balaban J connectivity index is 2.14. The third kappa shape index (κ3) is 2.45. The minimum absolute atomic E-state index is 0.123. The monoisotopic (exact) mass is 366 g/mol. The van der Waals surface area contributed by atoms with Crippen LogP contribution in [0, 0.1) is 39.9 Å². The van der Waals surface area contributed by atoms with Gasteiger partial charge in [0, 0.05) is 19.8 Å². The minimum atomic E-state index is -5.11. The van der Waals surface area contributed by atoms with Gasteiger partial charge in [0.25, 0.3) is 5.69 Å². The highest BCUT2D eigenvalue weighted by atomic mass is 19.4. The van der Waals surface area contributed by atoms with E-state index in [4.69, 9.17) is 4.52 Å². The molecule has 136 valence electrons. The van der Waals surface area contributed by atoms with Crippen LogP contribution in [0.15, 0.2) is 16.7 Å². The van der Waals surface area contributed by atoms with E-state index >= 15 is 0 Å². The topological polar surface area (TPSA) is 107 Å². The van der Waals surface area contributed by atoms with Gasteiger partial charge in [-0.15, -0.1) is 0 Å². The molecule has 1 amide bonds. The normalized spacial score (nSPS) is 25.9. The van der Waals surface area contributed by atoms with Crippen LogP contribution in [0.5, 0.6) is 0 Å². The molecule has 2 bridgehead atoms. The number of alkyl halides is 3. The molecule has 1 aromatic heterocycles. The Morgan fingerprint density at radius 3 is 2.62 bits per heavy atom. The first-order valence-electron chi connectivity index (χ1n) is 7.96. The summed E-state index contributed by atoms with van der Waals surface area (Å²) < 4.78 is 44.2. The second-order valence-corrected chi connectivity index (χ2v) is 6.74. The predicted octanol–water partition coefficient (Wildman–Crippen LogP) is 2.37. The van der Waals surface area contributed by atoms with Gasteiger partial charge in [-0.05, 0) is 17.0 Å². The van der Waals surface area contributed by atoms with Crippen LogP contribution in [0.3, 0.4) is 0 Å². The summed E-state index contributed by atoms with van der Waals surface area (Å²) in [4.78, 5) is 11.4. The van der Waals surface area contributed by atoms with E-state index in [2.05, 4.69) is 5.27 Å². The quantitative estimate of drug-likeness (QED) is 0.653. The second-order valence-electron chi connectivity index (χ2n) is 6.74. The van der Waals surface area contributed by atoms with Crippen LogP contribution in [0.25, 0.3) is 0 Å². The number of nitrogens with one attached hydrogen (secondary N) is 1. The maximum atomic E-state index is 12.6. The van der Waals surface area contributed by atoms with Crippen LogP contribution in [0.2, 0.25) is 0 Å². The van der Waals surface area contributed by atoms with Gasteiger partial charge in [0.05, 0.1) is 18.1 Å². The van der Waals surface area contributed by atoms with Crippen molar-refractivity contribution in [3.05, 3.63) is 17.8 Å². The maximum Gasteiger partial charge on any atom is 0.471 e. The zero-order chi connectivity index (χ0) is 19.3. The Labute approximate surface area is 146 Å². The van der Waals surface area contributed by atoms with E-state index in [1.54, 1.807) is 25.2 Å². The molecule has 26 heavy (non-hydrogen) atoms. The Morgan fingerprint density at radius 2 is 2.08 bits per heavy atom. The fraction of sp³-hybridized carbons (Fsp3) is 0.562. The number of nitriles is 2. The summed E-state index contributed by atoms with van der Waals surface area (Å²) in [5.74, 6) is -4.02. The van der Waals surface area contributed by atoms with E-state index in [9.17, 15) is 28.5 Å². The lowest BCUT2D eigenvalue weighted by molar-refractivity contribution is -0.786. The molecule has 3 unspecified atom stereocenters. The van der Waals surface area contributed by atoms with Crippen molar-refractivity contribution in [3.63, 3.8) is 0 Å². The molecule has 0 aromatic carbocycles. The minimum Gasteiger partial charge on any atom is -0.282 e. The fourth-order valence-corrected chi connectivity index (χ4v) is 3.83. The number of halogens is 3.